The average Bonchev–Trinajstić information content (AvgIpc) is 2.63. The van der Waals surface area contributed by atoms with E-state index in [0.717, 1.165) is 44.9 Å². The second-order valence-corrected chi connectivity index (χ2v) is 7.63. The largest absolute Gasteiger partial charge is 0.367 e. The number of benzene rings is 1. The summed E-state index contributed by atoms with van der Waals surface area (Å²) in [6.45, 7) is 5.91. The maximum atomic E-state index is 13.9. The Hall–Kier alpha value is -1.62. The Morgan fingerprint density at radius 3 is 2.40 bits per heavy atom. The molecular weight excluding hydrogens is 317 g/mol. The van der Waals surface area contributed by atoms with E-state index in [4.69, 9.17) is 0 Å². The minimum atomic E-state index is -0.168. The first-order chi connectivity index (χ1) is 12.0. The molecule has 1 amide bonds. The third-order valence-corrected chi connectivity index (χ3v) is 5.85. The van der Waals surface area contributed by atoms with E-state index < -0.39 is 0 Å². The highest BCUT2D eigenvalue weighted by atomic mass is 19.1. The Morgan fingerprint density at radius 1 is 1.12 bits per heavy atom. The normalized spacial score (nSPS) is 25.0. The Bertz CT molecular complexity index is 578. The minimum absolute atomic E-state index is 0.168. The molecule has 0 atom stereocenters. The highest BCUT2D eigenvalue weighted by Gasteiger charge is 2.27. The standard InChI is InChI=1S/C20H30FN3O/c1-16-7-9-17(10-8-16)22(2)20(25)15-23-11-13-24(14-12-23)19-6-4-3-5-18(19)21/h3-6,16-17H,7-15H2,1-2H3. The van der Waals surface area contributed by atoms with Crippen molar-refractivity contribution < 1.29 is 9.18 Å². The molecule has 1 heterocycles. The fraction of sp³-hybridized carbons (Fsp3) is 0.650. The molecule has 3 rings (SSSR count). The van der Waals surface area contributed by atoms with Crippen molar-refractivity contribution in [2.75, 3.05) is 44.7 Å². The SMILES string of the molecule is CC1CCC(N(C)C(=O)CN2CCN(c3ccccc3F)CC2)CC1. The molecule has 0 spiro atoms. The lowest BCUT2D eigenvalue weighted by molar-refractivity contribution is -0.134. The summed E-state index contributed by atoms with van der Waals surface area (Å²) in [6.07, 6.45) is 4.71. The number of para-hydroxylation sites is 1. The first kappa shape index (κ1) is 18.2. The van der Waals surface area contributed by atoms with Crippen molar-refractivity contribution in [2.45, 2.75) is 38.6 Å². The summed E-state index contributed by atoms with van der Waals surface area (Å²) in [4.78, 5) is 18.8. The van der Waals surface area contributed by atoms with Crippen LogP contribution >= 0.6 is 0 Å². The molecule has 25 heavy (non-hydrogen) atoms. The van der Waals surface area contributed by atoms with E-state index in [2.05, 4.69) is 16.7 Å². The predicted molar refractivity (Wildman–Crippen MR) is 99.2 cm³/mol. The summed E-state index contributed by atoms with van der Waals surface area (Å²) < 4.78 is 13.9. The molecule has 2 aliphatic rings. The number of hydrogen-bond acceptors (Lipinski definition) is 3. The third kappa shape index (κ3) is 4.51. The molecule has 0 radical (unpaired) electrons. The van der Waals surface area contributed by atoms with Gasteiger partial charge in [0.15, 0.2) is 0 Å². The lowest BCUT2D eigenvalue weighted by atomic mass is 9.87. The Balaban J connectivity index is 1.47. The summed E-state index contributed by atoms with van der Waals surface area (Å²) in [5.41, 5.74) is 0.668. The van der Waals surface area contributed by atoms with Gasteiger partial charge in [-0.15, -0.1) is 0 Å². The van der Waals surface area contributed by atoms with E-state index in [1.165, 1.54) is 18.9 Å². The summed E-state index contributed by atoms with van der Waals surface area (Å²) in [7, 11) is 1.96. The number of amides is 1. The molecule has 1 aromatic carbocycles. The molecule has 4 nitrogen and oxygen atoms in total. The van der Waals surface area contributed by atoms with Crippen molar-refractivity contribution in [3.8, 4) is 0 Å². The second-order valence-electron chi connectivity index (χ2n) is 7.63. The fourth-order valence-corrected chi connectivity index (χ4v) is 3.99. The van der Waals surface area contributed by atoms with Crippen LogP contribution in [0, 0.1) is 11.7 Å². The number of carbonyl (C=O) groups excluding carboxylic acids is 1. The van der Waals surface area contributed by atoms with Gasteiger partial charge in [-0.3, -0.25) is 9.69 Å². The van der Waals surface area contributed by atoms with Crippen LogP contribution in [-0.4, -0.2) is 61.5 Å². The van der Waals surface area contributed by atoms with E-state index in [-0.39, 0.29) is 11.7 Å². The molecule has 1 aromatic rings. The van der Waals surface area contributed by atoms with Crippen molar-refractivity contribution in [2.24, 2.45) is 5.92 Å². The number of anilines is 1. The Kier molecular flexibility index (Phi) is 5.94. The number of likely N-dealkylation sites (N-methyl/N-ethyl adjacent to an activating group) is 1. The molecule has 1 aliphatic heterocycles. The number of rotatable bonds is 4. The van der Waals surface area contributed by atoms with E-state index in [0.29, 0.717) is 18.3 Å². The van der Waals surface area contributed by atoms with Crippen LogP contribution in [-0.2, 0) is 4.79 Å². The molecule has 1 aliphatic carbocycles. The van der Waals surface area contributed by atoms with Crippen LogP contribution in [0.15, 0.2) is 24.3 Å². The van der Waals surface area contributed by atoms with Crippen LogP contribution in [0.3, 0.4) is 0 Å². The highest BCUT2D eigenvalue weighted by molar-refractivity contribution is 5.78. The van der Waals surface area contributed by atoms with Gasteiger partial charge in [0, 0.05) is 39.3 Å². The van der Waals surface area contributed by atoms with Crippen molar-refractivity contribution >= 4 is 11.6 Å². The van der Waals surface area contributed by atoms with Gasteiger partial charge in [-0.2, -0.15) is 0 Å². The maximum absolute atomic E-state index is 13.9. The average molecular weight is 347 g/mol. The molecule has 0 bridgehead atoms. The van der Waals surface area contributed by atoms with Gasteiger partial charge in [-0.05, 0) is 43.7 Å². The van der Waals surface area contributed by atoms with Crippen LogP contribution in [0.5, 0.6) is 0 Å². The van der Waals surface area contributed by atoms with Crippen molar-refractivity contribution in [3.63, 3.8) is 0 Å². The van der Waals surface area contributed by atoms with Gasteiger partial charge in [-0.1, -0.05) is 19.1 Å². The van der Waals surface area contributed by atoms with E-state index in [1.807, 2.05) is 24.1 Å². The molecule has 0 aromatic heterocycles. The lowest BCUT2D eigenvalue weighted by Gasteiger charge is -2.38. The quantitative estimate of drug-likeness (QED) is 0.838. The van der Waals surface area contributed by atoms with Gasteiger partial charge < -0.3 is 9.80 Å². The first-order valence-corrected chi connectivity index (χ1v) is 9.52. The van der Waals surface area contributed by atoms with Crippen molar-refractivity contribution in [1.82, 2.24) is 9.80 Å². The van der Waals surface area contributed by atoms with Crippen LogP contribution in [0.2, 0.25) is 0 Å². The number of carbonyl (C=O) groups is 1. The van der Waals surface area contributed by atoms with Crippen LogP contribution in [0.1, 0.15) is 32.6 Å². The lowest BCUT2D eigenvalue weighted by Crippen LogP contribution is -2.51. The molecular formula is C20H30FN3O. The summed E-state index contributed by atoms with van der Waals surface area (Å²) >= 11 is 0. The number of hydrogen-bond donors (Lipinski definition) is 0. The Morgan fingerprint density at radius 2 is 1.76 bits per heavy atom. The zero-order valence-electron chi connectivity index (χ0n) is 15.5. The summed E-state index contributed by atoms with van der Waals surface area (Å²) in [6, 6.07) is 7.33. The van der Waals surface area contributed by atoms with Gasteiger partial charge in [0.1, 0.15) is 5.82 Å². The van der Waals surface area contributed by atoms with Gasteiger partial charge in [0.2, 0.25) is 5.91 Å². The van der Waals surface area contributed by atoms with E-state index in [1.54, 1.807) is 6.07 Å². The highest BCUT2D eigenvalue weighted by Crippen LogP contribution is 2.26. The zero-order valence-corrected chi connectivity index (χ0v) is 15.5. The second kappa shape index (κ2) is 8.17. The van der Waals surface area contributed by atoms with Gasteiger partial charge in [-0.25, -0.2) is 4.39 Å². The van der Waals surface area contributed by atoms with E-state index in [9.17, 15) is 9.18 Å². The third-order valence-electron chi connectivity index (χ3n) is 5.85. The number of piperazine rings is 1. The fourth-order valence-electron chi connectivity index (χ4n) is 3.99. The van der Waals surface area contributed by atoms with E-state index >= 15 is 0 Å². The molecule has 2 fully saturated rings. The maximum Gasteiger partial charge on any atom is 0.236 e. The Labute approximate surface area is 150 Å². The monoisotopic (exact) mass is 347 g/mol. The first-order valence-electron chi connectivity index (χ1n) is 9.52. The minimum Gasteiger partial charge on any atom is -0.367 e. The molecule has 5 heteroatoms. The summed E-state index contributed by atoms with van der Waals surface area (Å²) in [5, 5.41) is 0. The molecule has 0 unspecified atom stereocenters. The van der Waals surface area contributed by atoms with Crippen molar-refractivity contribution in [1.29, 1.82) is 0 Å². The van der Waals surface area contributed by atoms with Crippen LogP contribution in [0.25, 0.3) is 0 Å². The van der Waals surface area contributed by atoms with Gasteiger partial charge >= 0.3 is 0 Å². The number of nitrogens with zero attached hydrogens (tertiary/aromatic N) is 3. The van der Waals surface area contributed by atoms with Crippen LogP contribution < -0.4 is 4.90 Å². The van der Waals surface area contributed by atoms with Gasteiger partial charge in [0.25, 0.3) is 0 Å². The summed E-state index contributed by atoms with van der Waals surface area (Å²) in [5.74, 6) is 0.850. The smallest absolute Gasteiger partial charge is 0.236 e. The molecule has 1 saturated heterocycles. The molecule has 138 valence electrons. The predicted octanol–water partition coefficient (Wildman–Crippen LogP) is 2.98. The molecule has 1 saturated carbocycles. The molecule has 0 N–H and O–H groups in total. The van der Waals surface area contributed by atoms with Crippen molar-refractivity contribution in [3.05, 3.63) is 30.1 Å². The van der Waals surface area contributed by atoms with Crippen LogP contribution in [0.4, 0.5) is 10.1 Å². The topological polar surface area (TPSA) is 26.8 Å². The number of halogens is 1. The zero-order chi connectivity index (χ0) is 17.8. The van der Waals surface area contributed by atoms with Gasteiger partial charge in [0.05, 0.1) is 12.2 Å².